The van der Waals surface area contributed by atoms with Crippen molar-refractivity contribution in [2.45, 2.75) is 45.3 Å². The highest BCUT2D eigenvalue weighted by Gasteiger charge is 2.41. The average molecular weight is 562 g/mol. The molecule has 2 atom stereocenters. The summed E-state index contributed by atoms with van der Waals surface area (Å²) < 4.78 is 43.9. The maximum absolute atomic E-state index is 15.6. The number of rotatable bonds is 10. The monoisotopic (exact) mass is 561 g/mol. The predicted octanol–water partition coefficient (Wildman–Crippen LogP) is 3.56. The largest absolute Gasteiger partial charge is 0.390 e. The zero-order valence-corrected chi connectivity index (χ0v) is 23.6. The molecule has 2 unspecified atom stereocenters. The quantitative estimate of drug-likeness (QED) is 0.342. The van der Waals surface area contributed by atoms with Crippen LogP contribution in [0.1, 0.15) is 25.8 Å². The molecule has 40 heavy (non-hydrogen) atoms. The third-order valence-electron chi connectivity index (χ3n) is 7.33. The summed E-state index contributed by atoms with van der Waals surface area (Å²) in [6.45, 7) is 9.29. The fraction of sp³-hybridized carbons (Fsp3) is 0.519. The predicted molar refractivity (Wildman–Crippen MR) is 153 cm³/mol. The fourth-order valence-corrected chi connectivity index (χ4v) is 5.20. The topological polar surface area (TPSA) is 111 Å². The van der Waals surface area contributed by atoms with Crippen LogP contribution in [0.5, 0.6) is 0 Å². The number of hydrogen-bond donors (Lipinski definition) is 3. The molecule has 1 saturated heterocycles. The van der Waals surface area contributed by atoms with Gasteiger partial charge in [0.15, 0.2) is 11.6 Å². The van der Waals surface area contributed by atoms with Crippen LogP contribution in [-0.2, 0) is 0 Å². The first-order valence-electron chi connectivity index (χ1n) is 13.2. The molecule has 1 aliphatic heterocycles. The molecule has 0 spiro atoms. The van der Waals surface area contributed by atoms with Crippen molar-refractivity contribution in [3.8, 4) is 11.3 Å². The number of fused-ring (bicyclic) bond motifs is 1. The van der Waals surface area contributed by atoms with Crippen LogP contribution in [0.15, 0.2) is 30.6 Å². The minimum atomic E-state index is -2.51. The highest BCUT2D eigenvalue weighted by Crippen LogP contribution is 2.36. The van der Waals surface area contributed by atoms with Crippen molar-refractivity contribution in [1.29, 1.82) is 0 Å². The lowest BCUT2D eigenvalue weighted by molar-refractivity contribution is 0.0595. The molecule has 0 saturated carbocycles. The zero-order valence-electron chi connectivity index (χ0n) is 23.6. The summed E-state index contributed by atoms with van der Waals surface area (Å²) in [5, 5.41) is 17.0. The molecule has 3 aromatic rings. The number of aromatic nitrogens is 4. The number of nitrogens with zero attached hydrogens (tertiary/aromatic N) is 7. The fourth-order valence-electron chi connectivity index (χ4n) is 5.20. The van der Waals surface area contributed by atoms with Gasteiger partial charge in [0.05, 0.1) is 37.1 Å². The Morgan fingerprint density at radius 1 is 1.32 bits per heavy atom. The number of nitrogen functional groups attached to an aromatic ring is 1. The summed E-state index contributed by atoms with van der Waals surface area (Å²) in [7, 11) is 3.68. The highest BCUT2D eigenvalue weighted by molar-refractivity contribution is 5.90. The Morgan fingerprint density at radius 3 is 2.65 bits per heavy atom. The van der Waals surface area contributed by atoms with Crippen LogP contribution in [0.4, 0.5) is 36.4 Å². The number of nitrogens with two attached hydrogens (primary N) is 1. The molecule has 0 radical (unpaired) electrons. The standard InChI is InChI=1S/C27H38F3N9O/c1-7-37(13-21(28)29)25-19(36(5)6)9-8-18(32-25)22-16(2)12-39-23(22)24(31)34-26(35-39)33-20-10-11-38(17(3)14-40)15-27(20,4)30/h8-9,12,20-21,40H,3,7,10-11,13-15H2,1-2,4-6H3,(H3,31,33,34,35). The molecule has 0 amide bonds. The van der Waals surface area contributed by atoms with E-state index in [9.17, 15) is 13.9 Å². The Morgan fingerprint density at radius 2 is 2.05 bits per heavy atom. The van der Waals surface area contributed by atoms with Gasteiger partial charge in [-0.1, -0.05) is 6.58 Å². The molecule has 1 aliphatic rings. The molecule has 3 aromatic heterocycles. The van der Waals surface area contributed by atoms with E-state index in [1.807, 2.05) is 45.0 Å². The van der Waals surface area contributed by atoms with Gasteiger partial charge in [-0.05, 0) is 44.9 Å². The van der Waals surface area contributed by atoms with E-state index in [1.165, 1.54) is 6.92 Å². The number of aliphatic hydroxyl groups is 1. The molecule has 218 valence electrons. The highest BCUT2D eigenvalue weighted by atomic mass is 19.3. The normalized spacial score (nSPS) is 19.4. The molecule has 4 heterocycles. The van der Waals surface area contributed by atoms with Crippen molar-refractivity contribution in [3.05, 3.63) is 36.2 Å². The van der Waals surface area contributed by atoms with Gasteiger partial charge < -0.3 is 30.9 Å². The maximum Gasteiger partial charge on any atom is 0.255 e. The first kappa shape index (κ1) is 29.2. The van der Waals surface area contributed by atoms with E-state index in [1.54, 1.807) is 20.5 Å². The first-order valence-corrected chi connectivity index (χ1v) is 13.2. The lowest BCUT2D eigenvalue weighted by Crippen LogP contribution is -2.55. The minimum Gasteiger partial charge on any atom is -0.390 e. The van der Waals surface area contributed by atoms with Crippen molar-refractivity contribution in [2.24, 2.45) is 0 Å². The summed E-state index contributed by atoms with van der Waals surface area (Å²) in [6.07, 6.45) is -0.283. The molecule has 10 nitrogen and oxygen atoms in total. The summed E-state index contributed by atoms with van der Waals surface area (Å²) in [6, 6.07) is 3.09. The van der Waals surface area contributed by atoms with Gasteiger partial charge in [-0.3, -0.25) is 0 Å². The van der Waals surface area contributed by atoms with E-state index in [0.29, 0.717) is 53.5 Å². The van der Waals surface area contributed by atoms with Gasteiger partial charge in [-0.2, -0.15) is 4.98 Å². The molecule has 4 N–H and O–H groups in total. The molecular weight excluding hydrogens is 523 g/mol. The van der Waals surface area contributed by atoms with E-state index in [-0.39, 0.29) is 24.9 Å². The molecule has 4 rings (SSSR count). The molecule has 0 bridgehead atoms. The van der Waals surface area contributed by atoms with Crippen LogP contribution in [-0.4, -0.2) is 94.6 Å². The van der Waals surface area contributed by atoms with Gasteiger partial charge in [0.2, 0.25) is 5.95 Å². The number of piperidine rings is 1. The second-order valence-corrected chi connectivity index (χ2v) is 10.6. The first-order chi connectivity index (χ1) is 18.9. The van der Waals surface area contributed by atoms with Crippen molar-refractivity contribution in [3.63, 3.8) is 0 Å². The molecule has 13 heteroatoms. The Hall–Kier alpha value is -3.74. The Balaban J connectivity index is 1.70. The SMILES string of the molecule is C=C(CO)N1CCC(Nc2nc(N)c3c(-c4ccc(N(C)C)c(N(CC)CC(F)F)n4)c(C)cn3n2)C(C)(F)C1. The lowest BCUT2D eigenvalue weighted by Gasteiger charge is -2.42. The van der Waals surface area contributed by atoms with Gasteiger partial charge in [0.25, 0.3) is 6.43 Å². The number of aliphatic hydroxyl groups excluding tert-OH is 1. The van der Waals surface area contributed by atoms with Crippen molar-refractivity contribution < 1.29 is 18.3 Å². The summed E-state index contributed by atoms with van der Waals surface area (Å²) in [4.78, 5) is 14.4. The van der Waals surface area contributed by atoms with Gasteiger partial charge in [0.1, 0.15) is 11.2 Å². The third-order valence-corrected chi connectivity index (χ3v) is 7.33. The molecule has 1 fully saturated rings. The van der Waals surface area contributed by atoms with Crippen LogP contribution in [0.3, 0.4) is 0 Å². The van der Waals surface area contributed by atoms with Crippen molar-refractivity contribution in [2.75, 3.05) is 67.7 Å². The third kappa shape index (κ3) is 5.74. The number of nitrogens with one attached hydrogen (secondary N) is 1. The van der Waals surface area contributed by atoms with Gasteiger partial charge >= 0.3 is 0 Å². The maximum atomic E-state index is 15.6. The molecular formula is C27H38F3N9O. The number of anilines is 4. The molecule has 0 aliphatic carbocycles. The Labute approximate surface area is 232 Å². The average Bonchev–Trinajstić information content (AvgIpc) is 3.23. The van der Waals surface area contributed by atoms with Crippen molar-refractivity contribution >= 4 is 28.8 Å². The summed E-state index contributed by atoms with van der Waals surface area (Å²) >= 11 is 0. The number of alkyl halides is 3. The zero-order chi connectivity index (χ0) is 29.4. The van der Waals surface area contributed by atoms with Gasteiger partial charge in [-0.25, -0.2) is 22.7 Å². The van der Waals surface area contributed by atoms with E-state index in [0.717, 1.165) is 5.56 Å². The van der Waals surface area contributed by atoms with Crippen LogP contribution < -0.4 is 20.9 Å². The smallest absolute Gasteiger partial charge is 0.255 e. The Kier molecular flexibility index (Phi) is 8.33. The van der Waals surface area contributed by atoms with Crippen LogP contribution in [0.25, 0.3) is 16.8 Å². The lowest BCUT2D eigenvalue weighted by atomic mass is 9.90. The minimum absolute atomic E-state index is 0.0752. The second kappa shape index (κ2) is 11.4. The van der Waals surface area contributed by atoms with Gasteiger partial charge in [-0.15, -0.1) is 5.10 Å². The van der Waals surface area contributed by atoms with Crippen LogP contribution in [0.2, 0.25) is 0 Å². The number of aryl methyl sites for hydroxylation is 1. The number of pyridine rings is 1. The van der Waals surface area contributed by atoms with E-state index in [2.05, 4.69) is 22.0 Å². The van der Waals surface area contributed by atoms with Crippen molar-refractivity contribution in [1.82, 2.24) is 24.5 Å². The van der Waals surface area contributed by atoms with E-state index >= 15 is 4.39 Å². The summed E-state index contributed by atoms with van der Waals surface area (Å²) in [5.41, 5.74) is 8.56. The van der Waals surface area contributed by atoms with E-state index in [4.69, 9.17) is 10.7 Å². The van der Waals surface area contributed by atoms with Crippen LogP contribution in [0, 0.1) is 6.92 Å². The van der Waals surface area contributed by atoms with Crippen LogP contribution >= 0.6 is 0 Å². The van der Waals surface area contributed by atoms with Gasteiger partial charge in [0, 0.05) is 44.6 Å². The number of halogens is 3. The second-order valence-electron chi connectivity index (χ2n) is 10.6. The molecule has 0 aromatic carbocycles. The van der Waals surface area contributed by atoms with E-state index < -0.39 is 24.7 Å². The summed E-state index contributed by atoms with van der Waals surface area (Å²) in [5.74, 6) is 0.798. The Bertz CT molecular complexity index is 1380. The number of likely N-dealkylation sites (tertiary alicyclic amines) is 1. The number of hydrogen-bond acceptors (Lipinski definition) is 9.